The average molecular weight is 331 g/mol. The van der Waals surface area contributed by atoms with Crippen molar-refractivity contribution in [3.63, 3.8) is 0 Å². The Hall–Kier alpha value is 0.480. The van der Waals surface area contributed by atoms with Crippen molar-refractivity contribution in [2.45, 2.75) is 103 Å². The molecule has 0 heterocycles. The molecular formula is C18H35Br. The SMILES string of the molecule is CCCCCCCCCCCCC1(CBr)CCCC1. The zero-order valence-electron chi connectivity index (χ0n) is 13.2. The van der Waals surface area contributed by atoms with Crippen LogP contribution in [0.25, 0.3) is 0 Å². The topological polar surface area (TPSA) is 0 Å². The third-order valence-electron chi connectivity index (χ3n) is 5.01. The van der Waals surface area contributed by atoms with E-state index in [2.05, 4.69) is 22.9 Å². The van der Waals surface area contributed by atoms with Gasteiger partial charge in [0.2, 0.25) is 0 Å². The number of unbranched alkanes of at least 4 members (excludes halogenated alkanes) is 9. The van der Waals surface area contributed by atoms with E-state index in [0.717, 1.165) is 0 Å². The Morgan fingerprint density at radius 3 is 1.68 bits per heavy atom. The summed E-state index contributed by atoms with van der Waals surface area (Å²) < 4.78 is 0. The quantitative estimate of drug-likeness (QED) is 0.261. The second-order valence-corrected chi connectivity index (χ2v) is 7.33. The standard InChI is InChI=1S/C18H35Br/c1-2-3-4-5-6-7-8-9-10-11-14-18(17-19)15-12-13-16-18/h2-17H2,1H3. The summed E-state index contributed by atoms with van der Waals surface area (Å²) in [4.78, 5) is 0. The molecule has 0 aromatic rings. The average Bonchev–Trinajstić information content (AvgIpc) is 2.90. The molecule has 0 radical (unpaired) electrons. The molecule has 0 spiro atoms. The van der Waals surface area contributed by atoms with E-state index < -0.39 is 0 Å². The van der Waals surface area contributed by atoms with Crippen LogP contribution in [0.1, 0.15) is 103 Å². The second kappa shape index (κ2) is 11.2. The van der Waals surface area contributed by atoms with Gasteiger partial charge in [-0.3, -0.25) is 0 Å². The Balaban J connectivity index is 1.85. The number of rotatable bonds is 12. The lowest BCUT2D eigenvalue weighted by atomic mass is 9.83. The molecule has 0 saturated heterocycles. The first kappa shape index (κ1) is 17.5. The monoisotopic (exact) mass is 330 g/mol. The summed E-state index contributed by atoms with van der Waals surface area (Å²) in [5.74, 6) is 0. The van der Waals surface area contributed by atoms with Gasteiger partial charge in [-0.25, -0.2) is 0 Å². The predicted molar refractivity (Wildman–Crippen MR) is 91.2 cm³/mol. The van der Waals surface area contributed by atoms with Gasteiger partial charge in [0.1, 0.15) is 0 Å². The minimum absolute atomic E-state index is 0.695. The molecule has 0 amide bonds. The van der Waals surface area contributed by atoms with Gasteiger partial charge in [-0.05, 0) is 24.7 Å². The van der Waals surface area contributed by atoms with Gasteiger partial charge in [-0.2, -0.15) is 0 Å². The maximum Gasteiger partial charge on any atom is 0.00879 e. The highest BCUT2D eigenvalue weighted by Gasteiger charge is 2.31. The van der Waals surface area contributed by atoms with Crippen molar-refractivity contribution < 1.29 is 0 Å². The van der Waals surface area contributed by atoms with E-state index in [9.17, 15) is 0 Å². The van der Waals surface area contributed by atoms with Gasteiger partial charge in [-0.15, -0.1) is 0 Å². The summed E-state index contributed by atoms with van der Waals surface area (Å²) in [6.45, 7) is 2.30. The van der Waals surface area contributed by atoms with E-state index >= 15 is 0 Å². The Morgan fingerprint density at radius 2 is 1.21 bits per heavy atom. The van der Waals surface area contributed by atoms with Gasteiger partial charge in [0.05, 0.1) is 0 Å². The van der Waals surface area contributed by atoms with Gasteiger partial charge in [-0.1, -0.05) is 99.9 Å². The molecule has 0 aliphatic heterocycles. The third-order valence-corrected chi connectivity index (χ3v) is 6.20. The third kappa shape index (κ3) is 7.73. The van der Waals surface area contributed by atoms with Crippen LogP contribution in [-0.4, -0.2) is 5.33 Å². The maximum atomic E-state index is 3.76. The summed E-state index contributed by atoms with van der Waals surface area (Å²) in [5, 5.41) is 1.25. The highest BCUT2D eigenvalue weighted by molar-refractivity contribution is 9.09. The van der Waals surface area contributed by atoms with Crippen molar-refractivity contribution in [2.24, 2.45) is 5.41 Å². The minimum Gasteiger partial charge on any atom is -0.0922 e. The summed E-state index contributed by atoms with van der Waals surface area (Å²) in [7, 11) is 0. The molecule has 1 rings (SSSR count). The van der Waals surface area contributed by atoms with Gasteiger partial charge < -0.3 is 0 Å². The Labute approximate surface area is 130 Å². The summed E-state index contributed by atoms with van der Waals surface area (Å²) in [6, 6.07) is 0. The van der Waals surface area contributed by atoms with Crippen LogP contribution in [0.3, 0.4) is 0 Å². The molecule has 0 atom stereocenters. The fourth-order valence-electron chi connectivity index (χ4n) is 3.56. The zero-order valence-corrected chi connectivity index (χ0v) is 14.8. The van der Waals surface area contributed by atoms with Gasteiger partial charge in [0, 0.05) is 5.33 Å². The lowest BCUT2D eigenvalue weighted by molar-refractivity contribution is 0.304. The van der Waals surface area contributed by atoms with Crippen molar-refractivity contribution in [3.05, 3.63) is 0 Å². The zero-order chi connectivity index (χ0) is 13.8. The van der Waals surface area contributed by atoms with Crippen molar-refractivity contribution in [1.82, 2.24) is 0 Å². The molecular weight excluding hydrogens is 296 g/mol. The van der Waals surface area contributed by atoms with Crippen molar-refractivity contribution in [1.29, 1.82) is 0 Å². The second-order valence-electron chi connectivity index (χ2n) is 6.77. The molecule has 1 fully saturated rings. The van der Waals surface area contributed by atoms with Crippen LogP contribution in [0, 0.1) is 5.41 Å². The Morgan fingerprint density at radius 1 is 0.737 bits per heavy atom. The molecule has 0 unspecified atom stereocenters. The van der Waals surface area contributed by atoms with Crippen molar-refractivity contribution in [2.75, 3.05) is 5.33 Å². The van der Waals surface area contributed by atoms with Crippen LogP contribution >= 0.6 is 15.9 Å². The molecule has 1 heteroatoms. The number of hydrogen-bond acceptors (Lipinski definition) is 0. The van der Waals surface area contributed by atoms with Gasteiger partial charge in [0.25, 0.3) is 0 Å². The largest absolute Gasteiger partial charge is 0.0922 e. The van der Waals surface area contributed by atoms with Crippen LogP contribution in [0.5, 0.6) is 0 Å². The van der Waals surface area contributed by atoms with Gasteiger partial charge in [0.15, 0.2) is 0 Å². The van der Waals surface area contributed by atoms with E-state index in [1.165, 1.54) is 102 Å². The highest BCUT2D eigenvalue weighted by Crippen LogP contribution is 2.43. The van der Waals surface area contributed by atoms with E-state index in [1.54, 1.807) is 0 Å². The molecule has 0 N–H and O–H groups in total. The fourth-order valence-corrected chi connectivity index (χ4v) is 4.40. The van der Waals surface area contributed by atoms with Gasteiger partial charge >= 0.3 is 0 Å². The lowest BCUT2D eigenvalue weighted by Crippen LogP contribution is -2.17. The summed E-state index contributed by atoms with van der Waals surface area (Å²) in [5.41, 5.74) is 0.695. The van der Waals surface area contributed by atoms with E-state index in [-0.39, 0.29) is 0 Å². The van der Waals surface area contributed by atoms with Crippen molar-refractivity contribution >= 4 is 15.9 Å². The molecule has 0 nitrogen and oxygen atoms in total. The maximum absolute atomic E-state index is 3.76. The fraction of sp³-hybridized carbons (Fsp3) is 1.00. The number of hydrogen-bond donors (Lipinski definition) is 0. The number of alkyl halides is 1. The highest BCUT2D eigenvalue weighted by atomic mass is 79.9. The molecule has 0 bridgehead atoms. The smallest absolute Gasteiger partial charge is 0.00879 e. The molecule has 1 saturated carbocycles. The normalized spacial score (nSPS) is 18.0. The Kier molecular flexibility index (Phi) is 10.3. The van der Waals surface area contributed by atoms with Crippen LogP contribution in [-0.2, 0) is 0 Å². The van der Waals surface area contributed by atoms with E-state index in [0.29, 0.717) is 5.41 Å². The molecule has 1 aliphatic rings. The molecule has 0 aromatic heterocycles. The minimum atomic E-state index is 0.695. The first-order valence-electron chi connectivity index (χ1n) is 8.89. The lowest BCUT2D eigenvalue weighted by Gasteiger charge is -2.26. The van der Waals surface area contributed by atoms with E-state index in [1.807, 2.05) is 0 Å². The summed E-state index contributed by atoms with van der Waals surface area (Å²) in [6.07, 6.45) is 22.0. The van der Waals surface area contributed by atoms with Crippen LogP contribution < -0.4 is 0 Å². The molecule has 114 valence electrons. The van der Waals surface area contributed by atoms with Crippen LogP contribution in [0.4, 0.5) is 0 Å². The van der Waals surface area contributed by atoms with Crippen molar-refractivity contribution in [3.8, 4) is 0 Å². The number of halogens is 1. The van der Waals surface area contributed by atoms with Crippen LogP contribution in [0.2, 0.25) is 0 Å². The first-order chi connectivity index (χ1) is 9.33. The summed E-state index contributed by atoms with van der Waals surface area (Å²) >= 11 is 3.76. The first-order valence-corrected chi connectivity index (χ1v) is 10.0. The predicted octanol–water partition coefficient (Wildman–Crippen LogP) is 7.25. The Bertz CT molecular complexity index is 194. The van der Waals surface area contributed by atoms with E-state index in [4.69, 9.17) is 0 Å². The molecule has 1 aliphatic carbocycles. The van der Waals surface area contributed by atoms with Crippen LogP contribution in [0.15, 0.2) is 0 Å². The molecule has 0 aromatic carbocycles. The molecule has 19 heavy (non-hydrogen) atoms.